The molecule has 1 heterocycles. The van der Waals surface area contributed by atoms with E-state index in [0.717, 1.165) is 44.5 Å². The van der Waals surface area contributed by atoms with Crippen molar-refractivity contribution in [2.45, 2.75) is 60.2 Å². The normalized spacial score (nSPS) is 15.1. The van der Waals surface area contributed by atoms with Gasteiger partial charge in [-0.2, -0.15) is 0 Å². The molecule has 0 bridgehead atoms. The summed E-state index contributed by atoms with van der Waals surface area (Å²) in [5, 5.41) is 18.4. The van der Waals surface area contributed by atoms with E-state index in [2.05, 4.69) is 45.0 Å². The molecule has 0 aliphatic carbocycles. The Bertz CT molecular complexity index is 1630. The van der Waals surface area contributed by atoms with Gasteiger partial charge in [0.05, 0.1) is 26.4 Å². The molecule has 49 heavy (non-hydrogen) atoms. The van der Waals surface area contributed by atoms with Gasteiger partial charge in [0.2, 0.25) is 0 Å². The number of esters is 1. The first-order valence-corrected chi connectivity index (χ1v) is 16.9. The Labute approximate surface area is 289 Å². The highest BCUT2D eigenvalue weighted by Gasteiger charge is 2.44. The zero-order chi connectivity index (χ0) is 35.2. The molecule has 1 aliphatic rings. The van der Waals surface area contributed by atoms with Crippen molar-refractivity contribution in [2.75, 3.05) is 39.6 Å². The predicted octanol–water partition coefficient (Wildman–Crippen LogP) is 7.83. The summed E-state index contributed by atoms with van der Waals surface area (Å²) in [6.45, 7) is 13.0. The lowest BCUT2D eigenvalue weighted by Gasteiger charge is -2.39. The van der Waals surface area contributed by atoms with Gasteiger partial charge in [-0.25, -0.2) is 0 Å². The Morgan fingerprint density at radius 3 is 1.57 bits per heavy atom. The van der Waals surface area contributed by atoms with E-state index in [0.29, 0.717) is 43.3 Å². The molecule has 0 atom stereocenters. The Morgan fingerprint density at radius 2 is 1.14 bits per heavy atom. The van der Waals surface area contributed by atoms with Crippen LogP contribution >= 0.6 is 0 Å². The highest BCUT2D eigenvalue weighted by Crippen LogP contribution is 2.46. The molecule has 0 amide bonds. The first-order chi connectivity index (χ1) is 23.4. The third-order valence-corrected chi connectivity index (χ3v) is 8.69. The lowest BCUT2D eigenvalue weighted by Crippen LogP contribution is -2.50. The van der Waals surface area contributed by atoms with Crippen LogP contribution in [0.3, 0.4) is 0 Å². The van der Waals surface area contributed by atoms with Crippen molar-refractivity contribution in [3.8, 4) is 50.6 Å². The average Bonchev–Trinajstić information content (AvgIpc) is 3.07. The summed E-state index contributed by atoms with van der Waals surface area (Å²) < 4.78 is 29.9. The summed E-state index contributed by atoms with van der Waals surface area (Å²) in [4.78, 5) is 14.1. The summed E-state index contributed by atoms with van der Waals surface area (Å²) in [6.07, 6.45) is 1.08. The maximum Gasteiger partial charge on any atom is 0.321 e. The zero-order valence-corrected chi connectivity index (χ0v) is 29.4. The van der Waals surface area contributed by atoms with Gasteiger partial charge < -0.3 is 33.9 Å². The molecule has 4 aromatic carbocycles. The van der Waals surface area contributed by atoms with Crippen molar-refractivity contribution in [1.29, 1.82) is 0 Å². The van der Waals surface area contributed by atoms with Crippen LogP contribution in [0.1, 0.15) is 50.3 Å². The summed E-state index contributed by atoms with van der Waals surface area (Å²) in [7, 11) is 0. The van der Waals surface area contributed by atoms with Crippen LogP contribution in [-0.4, -0.2) is 61.6 Å². The van der Waals surface area contributed by atoms with E-state index in [9.17, 15) is 15.0 Å². The monoisotopic (exact) mass is 668 g/mol. The van der Waals surface area contributed by atoms with E-state index in [4.69, 9.17) is 23.7 Å². The quantitative estimate of drug-likeness (QED) is 0.0845. The molecule has 0 spiro atoms. The van der Waals surface area contributed by atoms with Crippen molar-refractivity contribution >= 4 is 5.97 Å². The molecule has 0 radical (unpaired) electrons. The third-order valence-electron chi connectivity index (χ3n) is 8.69. The standard InChI is InChI=1S/C41H48O8/c1-27-21-28(2)37(29(3)22-27)32-23-35(30-9-13-33(14-10-30)45-19-7-17-42)38(49-39(44)41(6)25-47-40(4,5)48-26-41)36(24-32)31-11-15-34(16-12-31)46-20-8-18-43/h9-16,21-24,42-43H,7-8,17-20,25-26H2,1-6H3. The Morgan fingerprint density at radius 1 is 0.694 bits per heavy atom. The van der Waals surface area contributed by atoms with Crippen molar-refractivity contribution in [3.63, 3.8) is 0 Å². The molecule has 1 saturated heterocycles. The molecule has 260 valence electrons. The molecule has 4 aromatic rings. The first-order valence-electron chi connectivity index (χ1n) is 16.9. The van der Waals surface area contributed by atoms with Crippen molar-refractivity contribution < 1.29 is 38.7 Å². The largest absolute Gasteiger partial charge is 0.494 e. The van der Waals surface area contributed by atoms with Gasteiger partial charge in [0.25, 0.3) is 0 Å². The number of carbonyl (C=O) groups is 1. The minimum atomic E-state index is -1.03. The lowest BCUT2D eigenvalue weighted by molar-refractivity contribution is -0.279. The number of benzene rings is 4. The molecule has 0 aromatic heterocycles. The number of ether oxygens (including phenoxy) is 5. The zero-order valence-electron chi connectivity index (χ0n) is 29.4. The van der Waals surface area contributed by atoms with Gasteiger partial charge in [0, 0.05) is 37.2 Å². The summed E-state index contributed by atoms with van der Waals surface area (Å²) in [5.41, 5.74) is 7.72. The van der Waals surface area contributed by atoms with Crippen LogP contribution in [0.5, 0.6) is 17.2 Å². The predicted molar refractivity (Wildman–Crippen MR) is 191 cm³/mol. The van der Waals surface area contributed by atoms with Gasteiger partial charge in [0.15, 0.2) is 5.79 Å². The Kier molecular flexibility index (Phi) is 11.5. The van der Waals surface area contributed by atoms with Crippen LogP contribution in [-0.2, 0) is 14.3 Å². The van der Waals surface area contributed by atoms with Gasteiger partial charge in [-0.3, -0.25) is 4.79 Å². The first kappa shape index (κ1) is 36.1. The van der Waals surface area contributed by atoms with Crippen LogP contribution in [0.25, 0.3) is 33.4 Å². The Hall–Kier alpha value is -4.21. The molecular weight excluding hydrogens is 620 g/mol. The molecule has 5 rings (SSSR count). The molecule has 8 heteroatoms. The van der Waals surface area contributed by atoms with E-state index in [-0.39, 0.29) is 26.4 Å². The number of aliphatic hydroxyl groups is 2. The Balaban J connectivity index is 1.68. The summed E-state index contributed by atoms with van der Waals surface area (Å²) in [5.74, 6) is 0.546. The van der Waals surface area contributed by atoms with Crippen LogP contribution in [0.2, 0.25) is 0 Å². The van der Waals surface area contributed by atoms with E-state index >= 15 is 0 Å². The third kappa shape index (κ3) is 8.69. The van der Waals surface area contributed by atoms with Gasteiger partial charge in [-0.1, -0.05) is 42.0 Å². The van der Waals surface area contributed by atoms with E-state index in [1.165, 1.54) is 5.56 Å². The highest BCUT2D eigenvalue weighted by molar-refractivity contribution is 5.92. The van der Waals surface area contributed by atoms with Crippen LogP contribution < -0.4 is 14.2 Å². The second-order valence-electron chi connectivity index (χ2n) is 13.5. The number of aryl methyl sites for hydroxylation is 3. The second kappa shape index (κ2) is 15.6. The van der Waals surface area contributed by atoms with Crippen molar-refractivity contribution in [1.82, 2.24) is 0 Å². The molecular formula is C41H48O8. The van der Waals surface area contributed by atoms with Gasteiger partial charge in [-0.15, -0.1) is 0 Å². The molecule has 1 aliphatic heterocycles. The minimum Gasteiger partial charge on any atom is -0.494 e. The highest BCUT2D eigenvalue weighted by atomic mass is 16.7. The van der Waals surface area contributed by atoms with Crippen LogP contribution in [0, 0.1) is 26.2 Å². The smallest absolute Gasteiger partial charge is 0.321 e. The van der Waals surface area contributed by atoms with Gasteiger partial charge in [-0.05, 0) is 111 Å². The molecule has 1 fully saturated rings. The van der Waals surface area contributed by atoms with Crippen LogP contribution in [0.4, 0.5) is 0 Å². The fraction of sp³-hybridized carbons (Fsp3) is 0.390. The summed E-state index contributed by atoms with van der Waals surface area (Å²) in [6, 6.07) is 23.9. The topological polar surface area (TPSA) is 104 Å². The van der Waals surface area contributed by atoms with Crippen molar-refractivity contribution in [3.05, 3.63) is 89.5 Å². The number of carbonyl (C=O) groups excluding carboxylic acids is 1. The lowest BCUT2D eigenvalue weighted by atomic mass is 9.87. The maximum atomic E-state index is 14.1. The fourth-order valence-corrected chi connectivity index (χ4v) is 6.00. The number of hydrogen-bond acceptors (Lipinski definition) is 8. The maximum absolute atomic E-state index is 14.1. The molecule has 0 unspecified atom stereocenters. The number of aliphatic hydroxyl groups excluding tert-OH is 2. The molecule has 8 nitrogen and oxygen atoms in total. The van der Waals surface area contributed by atoms with Crippen molar-refractivity contribution in [2.24, 2.45) is 5.41 Å². The SMILES string of the molecule is Cc1cc(C)c(-c2cc(-c3ccc(OCCCO)cc3)c(OC(=O)C3(C)COC(C)(C)OC3)c(-c3ccc(OCCCO)cc3)c2)c(C)c1. The van der Waals surface area contributed by atoms with E-state index in [1.807, 2.05) is 62.4 Å². The second-order valence-corrected chi connectivity index (χ2v) is 13.5. The van der Waals surface area contributed by atoms with Gasteiger partial charge in [0.1, 0.15) is 22.7 Å². The molecule has 2 N–H and O–H groups in total. The average molecular weight is 669 g/mol. The minimum absolute atomic E-state index is 0.0580. The van der Waals surface area contributed by atoms with E-state index in [1.54, 1.807) is 6.92 Å². The van der Waals surface area contributed by atoms with E-state index < -0.39 is 17.2 Å². The number of hydrogen-bond donors (Lipinski definition) is 2. The fourth-order valence-electron chi connectivity index (χ4n) is 6.00. The van der Waals surface area contributed by atoms with Crippen LogP contribution in [0.15, 0.2) is 72.8 Å². The van der Waals surface area contributed by atoms with Gasteiger partial charge >= 0.3 is 5.97 Å². The molecule has 0 saturated carbocycles. The summed E-state index contributed by atoms with van der Waals surface area (Å²) >= 11 is 0. The number of rotatable bonds is 13.